The molecule has 1 saturated heterocycles. The molecule has 1 fully saturated rings. The standard InChI is InChI=1S/C19H16F6N2O3.CH4/c20-18(21,22)13-6-11(7-14(8-13)19(23,24)25)9-30-10-17(12-4-2-1-3-5-12)15(28)26-16(29)27-17;/h1-8,15,28H,9-10H2,(H2,26,27,29);1H4/t15-,17+;/m0./s1. The fourth-order valence-corrected chi connectivity index (χ4v) is 3.15. The molecule has 1 heterocycles. The predicted octanol–water partition coefficient (Wildman–Crippen LogP) is 4.40. The molecule has 11 heteroatoms. The van der Waals surface area contributed by atoms with Gasteiger partial charge in [-0.1, -0.05) is 37.8 Å². The lowest BCUT2D eigenvalue weighted by Gasteiger charge is -2.31. The molecule has 0 aromatic heterocycles. The molecule has 0 saturated carbocycles. The number of aliphatic hydroxyl groups excluding tert-OH is 1. The second kappa shape index (κ2) is 8.75. The van der Waals surface area contributed by atoms with E-state index in [-0.39, 0.29) is 19.1 Å². The van der Waals surface area contributed by atoms with Gasteiger partial charge in [-0.3, -0.25) is 0 Å². The number of halogens is 6. The Labute approximate surface area is 174 Å². The Morgan fingerprint density at radius 3 is 1.97 bits per heavy atom. The first-order chi connectivity index (χ1) is 13.9. The molecule has 2 atom stereocenters. The van der Waals surface area contributed by atoms with E-state index < -0.39 is 54.5 Å². The van der Waals surface area contributed by atoms with Gasteiger partial charge in [0.1, 0.15) is 5.54 Å². The van der Waals surface area contributed by atoms with E-state index in [4.69, 9.17) is 4.74 Å². The van der Waals surface area contributed by atoms with Gasteiger partial charge in [-0.05, 0) is 29.3 Å². The van der Waals surface area contributed by atoms with Crippen LogP contribution in [0.5, 0.6) is 0 Å². The lowest BCUT2D eigenvalue weighted by atomic mass is 9.90. The van der Waals surface area contributed by atoms with Gasteiger partial charge in [-0.15, -0.1) is 0 Å². The van der Waals surface area contributed by atoms with Crippen LogP contribution in [0.3, 0.4) is 0 Å². The summed E-state index contributed by atoms with van der Waals surface area (Å²) in [6.45, 7) is -1.02. The summed E-state index contributed by atoms with van der Waals surface area (Å²) in [7, 11) is 0. The Morgan fingerprint density at radius 1 is 0.968 bits per heavy atom. The topological polar surface area (TPSA) is 70.6 Å². The first kappa shape index (κ1) is 24.5. The van der Waals surface area contributed by atoms with Gasteiger partial charge in [0.05, 0.1) is 24.3 Å². The molecule has 2 aromatic carbocycles. The van der Waals surface area contributed by atoms with Gasteiger partial charge < -0.3 is 20.5 Å². The Bertz CT molecular complexity index is 885. The quantitative estimate of drug-likeness (QED) is 0.592. The van der Waals surface area contributed by atoms with E-state index in [1.807, 2.05) is 0 Å². The molecule has 0 aliphatic carbocycles. The zero-order valence-corrected chi connectivity index (χ0v) is 15.1. The van der Waals surface area contributed by atoms with Crippen molar-refractivity contribution in [2.75, 3.05) is 6.61 Å². The molecule has 3 N–H and O–H groups in total. The molecular formula is C20H20F6N2O3. The number of benzene rings is 2. The number of carbonyl (C=O) groups excluding carboxylic acids is 1. The largest absolute Gasteiger partial charge is 0.416 e. The molecule has 1 aliphatic heterocycles. The normalized spacial score (nSPS) is 21.3. The van der Waals surface area contributed by atoms with Crippen molar-refractivity contribution in [2.24, 2.45) is 0 Å². The fraction of sp³-hybridized carbons (Fsp3) is 0.350. The maximum atomic E-state index is 13.0. The summed E-state index contributed by atoms with van der Waals surface area (Å²) in [6, 6.07) is 8.59. The Balaban J connectivity index is 0.00000341. The van der Waals surface area contributed by atoms with E-state index in [0.29, 0.717) is 17.7 Å². The average Bonchev–Trinajstić information content (AvgIpc) is 2.95. The maximum Gasteiger partial charge on any atom is 0.416 e. The van der Waals surface area contributed by atoms with Crippen molar-refractivity contribution in [3.05, 3.63) is 70.8 Å². The third-order valence-corrected chi connectivity index (χ3v) is 4.61. The molecule has 1 aliphatic rings. The monoisotopic (exact) mass is 450 g/mol. The van der Waals surface area contributed by atoms with Crippen molar-refractivity contribution in [3.8, 4) is 0 Å². The second-order valence-corrected chi connectivity index (χ2v) is 6.75. The van der Waals surface area contributed by atoms with E-state index in [9.17, 15) is 36.2 Å². The summed E-state index contributed by atoms with van der Waals surface area (Å²) in [5.41, 5.74) is -4.29. The average molecular weight is 450 g/mol. The number of ether oxygens (including phenoxy) is 1. The number of carbonyl (C=O) groups is 1. The van der Waals surface area contributed by atoms with Crippen molar-refractivity contribution in [3.63, 3.8) is 0 Å². The van der Waals surface area contributed by atoms with Gasteiger partial charge in [-0.25, -0.2) is 4.79 Å². The van der Waals surface area contributed by atoms with E-state index in [0.717, 1.165) is 0 Å². The van der Waals surface area contributed by atoms with Crippen LogP contribution in [0.4, 0.5) is 31.1 Å². The number of urea groups is 1. The van der Waals surface area contributed by atoms with Crippen LogP contribution in [0.15, 0.2) is 48.5 Å². The molecule has 0 bridgehead atoms. The van der Waals surface area contributed by atoms with Crippen LogP contribution >= 0.6 is 0 Å². The number of rotatable bonds is 5. The summed E-state index contributed by atoms with van der Waals surface area (Å²) in [5, 5.41) is 15.0. The number of hydrogen-bond donors (Lipinski definition) is 3. The van der Waals surface area contributed by atoms with Crippen LogP contribution in [-0.2, 0) is 29.2 Å². The van der Waals surface area contributed by atoms with Crippen LogP contribution in [0.25, 0.3) is 0 Å². The van der Waals surface area contributed by atoms with Crippen molar-refractivity contribution in [2.45, 2.75) is 38.2 Å². The summed E-state index contributed by atoms with van der Waals surface area (Å²) < 4.78 is 83.3. The molecule has 0 spiro atoms. The molecule has 3 rings (SSSR count). The van der Waals surface area contributed by atoms with E-state index in [1.165, 1.54) is 0 Å². The highest BCUT2D eigenvalue weighted by molar-refractivity contribution is 5.78. The first-order valence-electron chi connectivity index (χ1n) is 8.60. The van der Waals surface area contributed by atoms with Gasteiger partial charge in [0.25, 0.3) is 0 Å². The van der Waals surface area contributed by atoms with Gasteiger partial charge in [0.15, 0.2) is 6.23 Å². The van der Waals surface area contributed by atoms with Crippen molar-refractivity contribution < 1.29 is 41.0 Å². The minimum atomic E-state index is -4.97. The minimum absolute atomic E-state index is 0. The van der Waals surface area contributed by atoms with Gasteiger partial charge in [0, 0.05) is 0 Å². The Kier molecular flexibility index (Phi) is 6.91. The first-order valence-corrected chi connectivity index (χ1v) is 8.60. The predicted molar refractivity (Wildman–Crippen MR) is 98.6 cm³/mol. The Hall–Kier alpha value is -2.79. The van der Waals surface area contributed by atoms with E-state index in [2.05, 4.69) is 10.6 Å². The molecule has 5 nitrogen and oxygen atoms in total. The fourth-order valence-electron chi connectivity index (χ4n) is 3.15. The highest BCUT2D eigenvalue weighted by atomic mass is 19.4. The van der Waals surface area contributed by atoms with Crippen LogP contribution in [0.2, 0.25) is 0 Å². The Morgan fingerprint density at radius 2 is 1.52 bits per heavy atom. The lowest BCUT2D eigenvalue weighted by Crippen LogP contribution is -2.50. The van der Waals surface area contributed by atoms with Crippen LogP contribution < -0.4 is 10.6 Å². The van der Waals surface area contributed by atoms with Gasteiger partial charge in [-0.2, -0.15) is 26.3 Å². The molecular weight excluding hydrogens is 430 g/mol. The van der Waals surface area contributed by atoms with Gasteiger partial charge >= 0.3 is 18.4 Å². The highest BCUT2D eigenvalue weighted by Crippen LogP contribution is 2.36. The number of nitrogens with one attached hydrogen (secondary N) is 2. The lowest BCUT2D eigenvalue weighted by molar-refractivity contribution is -0.143. The zero-order chi connectivity index (χ0) is 22.2. The second-order valence-electron chi connectivity index (χ2n) is 6.75. The minimum Gasteiger partial charge on any atom is -0.374 e. The van der Waals surface area contributed by atoms with Crippen LogP contribution in [-0.4, -0.2) is 24.0 Å². The third kappa shape index (κ3) is 5.28. The summed E-state index contributed by atoms with van der Waals surface area (Å²) >= 11 is 0. The number of amides is 2. The maximum absolute atomic E-state index is 13.0. The van der Waals surface area contributed by atoms with Crippen molar-refractivity contribution in [1.82, 2.24) is 10.6 Å². The highest BCUT2D eigenvalue weighted by Gasteiger charge is 2.47. The molecule has 0 unspecified atom stereocenters. The molecule has 170 valence electrons. The van der Waals surface area contributed by atoms with E-state index in [1.54, 1.807) is 30.3 Å². The smallest absolute Gasteiger partial charge is 0.374 e. The zero-order valence-electron chi connectivity index (χ0n) is 15.1. The number of alkyl halides is 6. The SMILES string of the molecule is C.O=C1N[C@@H](O)[C@@](COCc2cc(C(F)(F)F)cc(C(F)(F)F)c2)(c2ccccc2)N1. The molecule has 2 amide bonds. The number of aliphatic hydroxyl groups is 1. The van der Waals surface area contributed by atoms with E-state index >= 15 is 0 Å². The summed E-state index contributed by atoms with van der Waals surface area (Å²) in [4.78, 5) is 11.7. The molecule has 31 heavy (non-hydrogen) atoms. The molecule has 0 radical (unpaired) electrons. The summed E-state index contributed by atoms with van der Waals surface area (Å²) in [6.07, 6.45) is -11.4. The van der Waals surface area contributed by atoms with Crippen LogP contribution in [0, 0.1) is 0 Å². The molecule has 2 aromatic rings. The number of hydrogen-bond acceptors (Lipinski definition) is 3. The van der Waals surface area contributed by atoms with Gasteiger partial charge in [0.2, 0.25) is 0 Å². The van der Waals surface area contributed by atoms with Crippen molar-refractivity contribution in [1.29, 1.82) is 0 Å². The van der Waals surface area contributed by atoms with Crippen molar-refractivity contribution >= 4 is 6.03 Å². The van der Waals surface area contributed by atoms with Crippen LogP contribution in [0.1, 0.15) is 29.7 Å². The third-order valence-electron chi connectivity index (χ3n) is 4.61. The summed E-state index contributed by atoms with van der Waals surface area (Å²) in [5.74, 6) is 0.